The number of sulfonamides is 1. The SMILES string of the molecule is Cc1cccc2c1CN(S(=O)(=O)C(F)(F)F)CC(C13CC(C1)C3)N2Cc1cn2cccnc2n1. The van der Waals surface area contributed by atoms with Crippen LogP contribution in [-0.2, 0) is 23.1 Å². The number of hydrogen-bond donors (Lipinski definition) is 0. The molecular formula is C23H24F3N5O2S. The van der Waals surface area contributed by atoms with Crippen molar-refractivity contribution in [1.82, 2.24) is 18.7 Å². The van der Waals surface area contributed by atoms with Crippen LogP contribution in [0.4, 0.5) is 18.9 Å². The summed E-state index contributed by atoms with van der Waals surface area (Å²) >= 11 is 0. The van der Waals surface area contributed by atoms with Crippen molar-refractivity contribution in [2.24, 2.45) is 11.3 Å². The van der Waals surface area contributed by atoms with Gasteiger partial charge >= 0.3 is 15.5 Å². The maximum atomic E-state index is 13.7. The molecule has 3 aromatic rings. The van der Waals surface area contributed by atoms with Gasteiger partial charge in [0.25, 0.3) is 0 Å². The lowest BCUT2D eigenvalue weighted by molar-refractivity contribution is -0.129. The summed E-state index contributed by atoms with van der Waals surface area (Å²) in [5, 5.41) is 0. The smallest absolute Gasteiger partial charge is 0.360 e. The average Bonchev–Trinajstić information content (AvgIpc) is 3.04. The van der Waals surface area contributed by atoms with Gasteiger partial charge in [-0.25, -0.2) is 18.4 Å². The summed E-state index contributed by atoms with van der Waals surface area (Å²) < 4.78 is 68.6. The van der Waals surface area contributed by atoms with E-state index in [2.05, 4.69) is 14.9 Å². The van der Waals surface area contributed by atoms with E-state index in [-0.39, 0.29) is 24.5 Å². The minimum atomic E-state index is -5.48. The van der Waals surface area contributed by atoms with Gasteiger partial charge in [-0.1, -0.05) is 12.1 Å². The first-order valence-electron chi connectivity index (χ1n) is 11.3. The molecule has 0 saturated heterocycles. The van der Waals surface area contributed by atoms with Gasteiger partial charge in [0.05, 0.1) is 12.2 Å². The predicted octanol–water partition coefficient (Wildman–Crippen LogP) is 3.88. The lowest BCUT2D eigenvalue weighted by Crippen LogP contribution is -2.66. The van der Waals surface area contributed by atoms with Crippen molar-refractivity contribution in [3.8, 4) is 0 Å². The van der Waals surface area contributed by atoms with Gasteiger partial charge in [-0.15, -0.1) is 0 Å². The molecule has 0 spiro atoms. The number of benzene rings is 1. The molecule has 0 amide bonds. The molecule has 7 nitrogen and oxygen atoms in total. The number of hydrogen-bond acceptors (Lipinski definition) is 5. The van der Waals surface area contributed by atoms with E-state index < -0.39 is 15.5 Å². The number of imidazole rings is 1. The second-order valence-electron chi connectivity index (χ2n) is 9.86. The Hall–Kier alpha value is -2.66. The Balaban J connectivity index is 1.48. The molecule has 4 aliphatic rings. The highest BCUT2D eigenvalue weighted by Gasteiger charge is 2.63. The van der Waals surface area contributed by atoms with E-state index in [4.69, 9.17) is 0 Å². The lowest BCUT2D eigenvalue weighted by Gasteiger charge is -2.67. The number of halogens is 3. The first kappa shape index (κ1) is 21.8. The van der Waals surface area contributed by atoms with Crippen molar-refractivity contribution in [2.45, 2.75) is 50.8 Å². The minimum absolute atomic E-state index is 0.174. The van der Waals surface area contributed by atoms with Crippen molar-refractivity contribution in [2.75, 3.05) is 11.4 Å². The van der Waals surface area contributed by atoms with E-state index in [1.54, 1.807) is 16.7 Å². The largest absolute Gasteiger partial charge is 0.511 e. The van der Waals surface area contributed by atoms with E-state index >= 15 is 0 Å². The molecule has 11 heteroatoms. The van der Waals surface area contributed by atoms with Crippen LogP contribution in [0, 0.1) is 18.3 Å². The molecule has 180 valence electrons. The van der Waals surface area contributed by atoms with Gasteiger partial charge in [-0.3, -0.25) is 4.40 Å². The van der Waals surface area contributed by atoms with Crippen molar-refractivity contribution >= 4 is 21.5 Å². The van der Waals surface area contributed by atoms with Gasteiger partial charge in [-0.05, 0) is 60.8 Å². The van der Waals surface area contributed by atoms with Crippen LogP contribution in [0.5, 0.6) is 0 Å². The van der Waals surface area contributed by atoms with E-state index in [0.29, 0.717) is 28.1 Å². The van der Waals surface area contributed by atoms with E-state index in [1.807, 2.05) is 37.5 Å². The predicted molar refractivity (Wildman–Crippen MR) is 119 cm³/mol. The molecule has 2 bridgehead atoms. The van der Waals surface area contributed by atoms with Crippen LogP contribution in [0.25, 0.3) is 5.78 Å². The van der Waals surface area contributed by atoms with E-state index in [9.17, 15) is 21.6 Å². The Labute approximate surface area is 195 Å². The van der Waals surface area contributed by atoms with Crippen LogP contribution in [0.2, 0.25) is 0 Å². The second kappa shape index (κ2) is 7.17. The molecule has 3 fully saturated rings. The van der Waals surface area contributed by atoms with Crippen LogP contribution in [0.15, 0.2) is 42.9 Å². The van der Waals surface area contributed by atoms with Gasteiger partial charge in [0.2, 0.25) is 5.78 Å². The number of rotatable bonds is 4. The van der Waals surface area contributed by atoms with Crippen LogP contribution in [-0.4, -0.2) is 45.2 Å². The minimum Gasteiger partial charge on any atom is -0.360 e. The molecule has 3 heterocycles. The summed E-state index contributed by atoms with van der Waals surface area (Å²) in [5.74, 6) is 1.13. The molecule has 0 N–H and O–H groups in total. The second-order valence-corrected chi connectivity index (χ2v) is 11.8. The van der Waals surface area contributed by atoms with Crippen molar-refractivity contribution in [1.29, 1.82) is 0 Å². The molecule has 1 aromatic carbocycles. The highest BCUT2D eigenvalue weighted by atomic mass is 32.2. The molecular weight excluding hydrogens is 467 g/mol. The first-order chi connectivity index (χ1) is 16.1. The number of alkyl halides is 3. The van der Waals surface area contributed by atoms with Crippen LogP contribution in [0.1, 0.15) is 36.1 Å². The zero-order valence-corrected chi connectivity index (χ0v) is 19.3. The quantitative estimate of drug-likeness (QED) is 0.554. The third-order valence-corrected chi connectivity index (χ3v) is 9.37. The Morgan fingerprint density at radius 3 is 2.59 bits per heavy atom. The molecule has 3 aliphatic carbocycles. The third-order valence-electron chi connectivity index (χ3n) is 7.82. The molecule has 3 saturated carbocycles. The summed E-state index contributed by atoms with van der Waals surface area (Å²) in [7, 11) is -5.48. The van der Waals surface area contributed by atoms with Crippen LogP contribution in [0.3, 0.4) is 0 Å². The molecule has 0 radical (unpaired) electrons. The molecule has 1 atom stereocenters. The maximum absolute atomic E-state index is 13.7. The standard InChI is InChI=1S/C23H24F3N5O2S/c1-15-4-2-5-19-18(15)13-30(34(32,33)23(24,25)26)14-20(22-8-16(9-22)10-22)31(19)12-17-11-29-7-3-6-27-21(29)28-17/h2-7,11,16,20H,8-10,12-14H2,1H3. The van der Waals surface area contributed by atoms with Crippen molar-refractivity contribution in [3.05, 3.63) is 59.7 Å². The molecule has 7 rings (SSSR count). The Kier molecular flexibility index (Phi) is 4.61. The zero-order valence-electron chi connectivity index (χ0n) is 18.5. The summed E-state index contributed by atoms with van der Waals surface area (Å²) in [5.41, 5.74) is -2.64. The van der Waals surface area contributed by atoms with Crippen LogP contribution < -0.4 is 4.90 Å². The monoisotopic (exact) mass is 491 g/mol. The molecule has 2 aromatic heterocycles. The van der Waals surface area contributed by atoms with Gasteiger partial charge < -0.3 is 4.90 Å². The van der Waals surface area contributed by atoms with Gasteiger partial charge in [-0.2, -0.15) is 17.5 Å². The molecule has 1 aliphatic heterocycles. The summed E-state index contributed by atoms with van der Waals surface area (Å²) in [4.78, 5) is 11.0. The Bertz CT molecular complexity index is 1340. The summed E-state index contributed by atoms with van der Waals surface area (Å²) in [6.45, 7) is 1.67. The number of fused-ring (bicyclic) bond motifs is 2. The van der Waals surface area contributed by atoms with E-state index in [1.165, 1.54) is 0 Å². The zero-order chi connectivity index (χ0) is 23.9. The topological polar surface area (TPSA) is 70.8 Å². The fraction of sp³-hybridized carbons (Fsp3) is 0.478. The Morgan fingerprint density at radius 1 is 1.18 bits per heavy atom. The third kappa shape index (κ3) is 3.16. The molecule has 34 heavy (non-hydrogen) atoms. The summed E-state index contributed by atoms with van der Waals surface area (Å²) in [6, 6.07) is 6.99. The Morgan fingerprint density at radius 2 is 1.94 bits per heavy atom. The van der Waals surface area contributed by atoms with Gasteiger partial charge in [0, 0.05) is 43.4 Å². The van der Waals surface area contributed by atoms with Crippen molar-refractivity contribution < 1.29 is 21.6 Å². The first-order valence-corrected chi connectivity index (χ1v) is 12.7. The van der Waals surface area contributed by atoms with E-state index in [0.717, 1.165) is 36.2 Å². The van der Waals surface area contributed by atoms with Crippen molar-refractivity contribution in [3.63, 3.8) is 0 Å². The number of aryl methyl sites for hydroxylation is 1. The van der Waals surface area contributed by atoms with Gasteiger partial charge in [0.1, 0.15) is 0 Å². The number of nitrogens with zero attached hydrogens (tertiary/aromatic N) is 5. The normalized spacial score (nSPS) is 27.1. The average molecular weight is 492 g/mol. The molecule has 1 unspecified atom stereocenters. The highest BCUT2D eigenvalue weighted by molar-refractivity contribution is 7.89. The fourth-order valence-corrected chi connectivity index (χ4v) is 6.92. The lowest BCUT2D eigenvalue weighted by atomic mass is 9.41. The van der Waals surface area contributed by atoms with Gasteiger partial charge in [0.15, 0.2) is 0 Å². The highest BCUT2D eigenvalue weighted by Crippen LogP contribution is 2.67. The number of aromatic nitrogens is 3. The fourth-order valence-electron chi connectivity index (χ4n) is 5.99. The van der Waals surface area contributed by atoms with Crippen LogP contribution >= 0.6 is 0 Å². The summed E-state index contributed by atoms with van der Waals surface area (Å²) in [6.07, 6.45) is 8.12. The maximum Gasteiger partial charge on any atom is 0.511 e. The number of anilines is 1.